The molecule has 2 aromatic rings. The summed E-state index contributed by atoms with van der Waals surface area (Å²) in [6.07, 6.45) is 5.16. The molecule has 2 aromatic heterocycles. The van der Waals surface area contributed by atoms with E-state index in [9.17, 15) is 0 Å². The standard InChI is InChI=1S/C16H24N4S/c1-4-17-16-19-14(13-9-11(3)21-15(13)20-16)18-12-7-5-6-10(2)8-12/h9-10,12H,4-8H2,1-3H3,(H2,17,18,19,20). The Hall–Kier alpha value is -1.36. The van der Waals surface area contributed by atoms with Crippen LogP contribution in [0, 0.1) is 12.8 Å². The summed E-state index contributed by atoms with van der Waals surface area (Å²) in [5.74, 6) is 2.55. The minimum atomic E-state index is 0.543. The molecule has 2 atom stereocenters. The van der Waals surface area contributed by atoms with E-state index in [4.69, 9.17) is 4.98 Å². The van der Waals surface area contributed by atoms with Crippen molar-refractivity contribution in [1.29, 1.82) is 0 Å². The van der Waals surface area contributed by atoms with Crippen molar-refractivity contribution < 1.29 is 0 Å². The van der Waals surface area contributed by atoms with Gasteiger partial charge in [0.15, 0.2) is 0 Å². The number of aryl methyl sites for hydroxylation is 1. The second-order valence-electron chi connectivity index (χ2n) is 6.12. The van der Waals surface area contributed by atoms with E-state index >= 15 is 0 Å². The normalized spacial score (nSPS) is 22.4. The van der Waals surface area contributed by atoms with Crippen molar-refractivity contribution in [2.45, 2.75) is 52.5 Å². The maximum Gasteiger partial charge on any atom is 0.226 e. The second-order valence-corrected chi connectivity index (χ2v) is 7.35. The van der Waals surface area contributed by atoms with Crippen molar-refractivity contribution in [3.8, 4) is 0 Å². The van der Waals surface area contributed by atoms with Gasteiger partial charge in [-0.15, -0.1) is 11.3 Å². The number of hydrogen-bond donors (Lipinski definition) is 2. The molecule has 0 spiro atoms. The van der Waals surface area contributed by atoms with Gasteiger partial charge >= 0.3 is 0 Å². The largest absolute Gasteiger partial charge is 0.367 e. The van der Waals surface area contributed by atoms with E-state index in [-0.39, 0.29) is 0 Å². The Morgan fingerprint density at radius 3 is 2.95 bits per heavy atom. The number of fused-ring (bicyclic) bond motifs is 1. The van der Waals surface area contributed by atoms with Crippen molar-refractivity contribution in [3.63, 3.8) is 0 Å². The van der Waals surface area contributed by atoms with Crippen LogP contribution in [0.25, 0.3) is 10.2 Å². The highest BCUT2D eigenvalue weighted by molar-refractivity contribution is 7.18. The van der Waals surface area contributed by atoms with E-state index in [1.807, 2.05) is 0 Å². The third kappa shape index (κ3) is 3.28. The molecule has 4 nitrogen and oxygen atoms in total. The van der Waals surface area contributed by atoms with Gasteiger partial charge in [0.05, 0.1) is 5.39 Å². The number of aromatic nitrogens is 2. The van der Waals surface area contributed by atoms with Gasteiger partial charge in [-0.2, -0.15) is 4.98 Å². The molecule has 1 aliphatic carbocycles. The predicted octanol–water partition coefficient (Wildman–Crippen LogP) is 4.42. The third-order valence-electron chi connectivity index (χ3n) is 4.13. The first-order valence-corrected chi connectivity index (χ1v) is 8.76. The molecule has 1 saturated carbocycles. The zero-order valence-corrected chi connectivity index (χ0v) is 13.9. The lowest BCUT2D eigenvalue weighted by molar-refractivity contribution is 0.358. The van der Waals surface area contributed by atoms with Crippen LogP contribution in [0.2, 0.25) is 0 Å². The molecule has 0 amide bonds. The molecule has 2 heterocycles. The summed E-state index contributed by atoms with van der Waals surface area (Å²) in [4.78, 5) is 11.7. The van der Waals surface area contributed by atoms with Crippen molar-refractivity contribution in [2.24, 2.45) is 5.92 Å². The smallest absolute Gasteiger partial charge is 0.226 e. The van der Waals surface area contributed by atoms with Crippen molar-refractivity contribution >= 4 is 33.3 Å². The second kappa shape index (κ2) is 6.18. The SMILES string of the molecule is CCNc1nc(NC2CCCC(C)C2)c2cc(C)sc2n1. The maximum absolute atomic E-state index is 4.70. The lowest BCUT2D eigenvalue weighted by atomic mass is 9.87. The maximum atomic E-state index is 4.70. The van der Waals surface area contributed by atoms with Gasteiger partial charge in [-0.25, -0.2) is 4.98 Å². The number of hydrogen-bond acceptors (Lipinski definition) is 5. The number of rotatable bonds is 4. The summed E-state index contributed by atoms with van der Waals surface area (Å²) < 4.78 is 0. The van der Waals surface area contributed by atoms with Crippen LogP contribution < -0.4 is 10.6 Å². The van der Waals surface area contributed by atoms with Gasteiger partial charge in [0, 0.05) is 17.5 Å². The summed E-state index contributed by atoms with van der Waals surface area (Å²) in [7, 11) is 0. The highest BCUT2D eigenvalue weighted by atomic mass is 32.1. The van der Waals surface area contributed by atoms with Crippen LogP contribution in [-0.2, 0) is 0 Å². The fourth-order valence-electron chi connectivity index (χ4n) is 3.15. The molecule has 2 unspecified atom stereocenters. The molecule has 114 valence electrons. The van der Waals surface area contributed by atoms with Gasteiger partial charge < -0.3 is 10.6 Å². The Kier molecular flexibility index (Phi) is 4.29. The highest BCUT2D eigenvalue weighted by Crippen LogP contribution is 2.32. The summed E-state index contributed by atoms with van der Waals surface area (Å²) in [6, 6.07) is 2.74. The Balaban J connectivity index is 1.91. The van der Waals surface area contributed by atoms with E-state index < -0.39 is 0 Å². The first-order chi connectivity index (χ1) is 10.2. The van der Waals surface area contributed by atoms with E-state index in [0.717, 1.165) is 34.4 Å². The van der Waals surface area contributed by atoms with Crippen LogP contribution in [-0.4, -0.2) is 22.6 Å². The van der Waals surface area contributed by atoms with Crippen LogP contribution in [0.1, 0.15) is 44.4 Å². The average Bonchev–Trinajstić information content (AvgIpc) is 2.80. The summed E-state index contributed by atoms with van der Waals surface area (Å²) in [5.41, 5.74) is 0. The van der Waals surface area contributed by atoms with Crippen molar-refractivity contribution in [1.82, 2.24) is 9.97 Å². The lowest BCUT2D eigenvalue weighted by Gasteiger charge is -2.28. The molecule has 5 heteroatoms. The Morgan fingerprint density at radius 2 is 2.19 bits per heavy atom. The molecule has 1 aliphatic rings. The molecular weight excluding hydrogens is 280 g/mol. The van der Waals surface area contributed by atoms with Crippen LogP contribution in [0.5, 0.6) is 0 Å². The van der Waals surface area contributed by atoms with Crippen LogP contribution >= 0.6 is 11.3 Å². The minimum absolute atomic E-state index is 0.543. The zero-order valence-electron chi connectivity index (χ0n) is 13.1. The molecule has 21 heavy (non-hydrogen) atoms. The molecule has 0 saturated heterocycles. The highest BCUT2D eigenvalue weighted by Gasteiger charge is 2.20. The molecule has 2 N–H and O–H groups in total. The first-order valence-electron chi connectivity index (χ1n) is 7.94. The van der Waals surface area contributed by atoms with Gasteiger partial charge in [0.1, 0.15) is 10.6 Å². The van der Waals surface area contributed by atoms with Gasteiger partial charge in [-0.3, -0.25) is 0 Å². The zero-order chi connectivity index (χ0) is 14.8. The molecule has 0 bridgehead atoms. The minimum Gasteiger partial charge on any atom is -0.367 e. The summed E-state index contributed by atoms with van der Waals surface area (Å²) in [6.45, 7) is 7.40. The molecular formula is C16H24N4S. The van der Waals surface area contributed by atoms with E-state index in [2.05, 4.69) is 42.5 Å². The molecule has 0 radical (unpaired) electrons. The topological polar surface area (TPSA) is 49.8 Å². The van der Waals surface area contributed by atoms with Gasteiger partial charge in [-0.1, -0.05) is 19.8 Å². The molecule has 0 aromatic carbocycles. The van der Waals surface area contributed by atoms with Crippen molar-refractivity contribution in [2.75, 3.05) is 17.2 Å². The van der Waals surface area contributed by atoms with Gasteiger partial charge in [0.25, 0.3) is 0 Å². The number of anilines is 2. The Labute approximate surface area is 130 Å². The average molecular weight is 304 g/mol. The molecule has 3 rings (SSSR count). The van der Waals surface area contributed by atoms with E-state index in [1.165, 1.54) is 30.6 Å². The number of nitrogens with zero attached hydrogens (tertiary/aromatic N) is 2. The number of nitrogens with one attached hydrogen (secondary N) is 2. The Morgan fingerprint density at radius 1 is 1.33 bits per heavy atom. The van der Waals surface area contributed by atoms with E-state index in [0.29, 0.717) is 6.04 Å². The summed E-state index contributed by atoms with van der Waals surface area (Å²) in [5, 5.41) is 8.09. The first kappa shape index (κ1) is 14.6. The van der Waals surface area contributed by atoms with Gasteiger partial charge in [0.2, 0.25) is 5.95 Å². The molecule has 0 aliphatic heterocycles. The Bertz CT molecular complexity index is 622. The van der Waals surface area contributed by atoms with Crippen LogP contribution in [0.15, 0.2) is 6.07 Å². The van der Waals surface area contributed by atoms with Crippen LogP contribution in [0.3, 0.4) is 0 Å². The number of thiophene rings is 1. The van der Waals surface area contributed by atoms with Crippen LogP contribution in [0.4, 0.5) is 11.8 Å². The monoisotopic (exact) mass is 304 g/mol. The van der Waals surface area contributed by atoms with Gasteiger partial charge in [-0.05, 0) is 38.7 Å². The lowest BCUT2D eigenvalue weighted by Crippen LogP contribution is -2.26. The quantitative estimate of drug-likeness (QED) is 0.877. The third-order valence-corrected chi connectivity index (χ3v) is 5.07. The summed E-state index contributed by atoms with van der Waals surface area (Å²) >= 11 is 1.74. The fraction of sp³-hybridized carbons (Fsp3) is 0.625. The fourth-order valence-corrected chi connectivity index (χ4v) is 4.03. The molecule has 1 fully saturated rings. The van der Waals surface area contributed by atoms with Crippen molar-refractivity contribution in [3.05, 3.63) is 10.9 Å². The van der Waals surface area contributed by atoms with E-state index in [1.54, 1.807) is 11.3 Å². The predicted molar refractivity (Wildman–Crippen MR) is 91.4 cm³/mol.